The molecule has 1 N–H and O–H groups in total. The topological polar surface area (TPSA) is 119 Å². The quantitative estimate of drug-likeness (QED) is 0.232. The summed E-state index contributed by atoms with van der Waals surface area (Å²) in [4.78, 5) is 28.0. The van der Waals surface area contributed by atoms with Crippen molar-refractivity contribution in [2.24, 2.45) is 0 Å². The number of rotatable bonds is 10. The van der Waals surface area contributed by atoms with Crippen LogP contribution in [0.1, 0.15) is 79.0 Å². The number of carbonyl (C=O) groups is 2. The van der Waals surface area contributed by atoms with E-state index in [0.29, 0.717) is 65.2 Å². The van der Waals surface area contributed by atoms with Crippen LogP contribution in [-0.2, 0) is 21.2 Å². The maximum Gasteiger partial charge on any atom is 0.322 e. The van der Waals surface area contributed by atoms with E-state index in [1.54, 1.807) is 42.5 Å². The van der Waals surface area contributed by atoms with Gasteiger partial charge in [-0.25, -0.2) is 13.2 Å². The molecule has 0 radical (unpaired) electrons. The fourth-order valence-corrected chi connectivity index (χ4v) is 8.81. The summed E-state index contributed by atoms with van der Waals surface area (Å²) >= 11 is 13.0. The standard InChI is InChI=1S/C32H33Cl2N3O6S/c33-26-5-2-6-27(34)29(26)30-25(31(43-36-30)18-7-8-18)16-42-23-14-21-9-10-22(15-23)37(21)32(39)35-20-4-1-3-19(13-20)28(38)17-44(40,41)24-11-12-24/h1-6,13,18,21-24H,7-12,14-17H2,(H,35,39)/t21-,22?,23?/m0/s1. The first-order valence-corrected chi connectivity index (χ1v) is 17.6. The molecule has 2 aliphatic carbocycles. The Labute approximate surface area is 266 Å². The third-order valence-electron chi connectivity index (χ3n) is 9.15. The van der Waals surface area contributed by atoms with Crippen molar-refractivity contribution in [1.29, 1.82) is 0 Å². The molecular formula is C32H33Cl2N3O6S. The smallest absolute Gasteiger partial charge is 0.322 e. The van der Waals surface area contributed by atoms with E-state index in [1.807, 2.05) is 4.90 Å². The highest BCUT2D eigenvalue weighted by atomic mass is 35.5. The lowest BCUT2D eigenvalue weighted by atomic mass is 9.99. The summed E-state index contributed by atoms with van der Waals surface area (Å²) in [6.45, 7) is 0.319. The molecule has 2 saturated carbocycles. The van der Waals surface area contributed by atoms with Crippen molar-refractivity contribution in [1.82, 2.24) is 10.1 Å². The second-order valence-corrected chi connectivity index (χ2v) is 15.5. The van der Waals surface area contributed by atoms with Gasteiger partial charge < -0.3 is 19.5 Å². The number of benzene rings is 2. The van der Waals surface area contributed by atoms with Crippen LogP contribution in [-0.4, -0.2) is 59.5 Å². The predicted octanol–water partition coefficient (Wildman–Crippen LogP) is 7.03. The van der Waals surface area contributed by atoms with Crippen LogP contribution >= 0.6 is 23.2 Å². The van der Waals surface area contributed by atoms with Crippen LogP contribution in [0.25, 0.3) is 11.3 Å². The highest BCUT2D eigenvalue weighted by molar-refractivity contribution is 7.93. The van der Waals surface area contributed by atoms with E-state index in [2.05, 4.69) is 10.5 Å². The number of ketones is 1. The Morgan fingerprint density at radius 3 is 2.32 bits per heavy atom. The van der Waals surface area contributed by atoms with Gasteiger partial charge in [-0.15, -0.1) is 0 Å². The van der Waals surface area contributed by atoms with Crippen molar-refractivity contribution in [3.05, 3.63) is 69.4 Å². The molecule has 4 aliphatic rings. The Morgan fingerprint density at radius 1 is 0.977 bits per heavy atom. The number of piperidine rings is 1. The molecule has 2 amide bonds. The maximum absolute atomic E-state index is 13.4. The number of sulfone groups is 1. The number of nitrogens with zero attached hydrogens (tertiary/aromatic N) is 2. The largest absolute Gasteiger partial charge is 0.373 e. The van der Waals surface area contributed by atoms with Gasteiger partial charge in [0.15, 0.2) is 15.6 Å². The molecule has 2 bridgehead atoms. The van der Waals surface area contributed by atoms with Gasteiger partial charge in [0.1, 0.15) is 17.2 Å². The Bertz CT molecular complexity index is 1680. The van der Waals surface area contributed by atoms with Gasteiger partial charge in [0.05, 0.1) is 28.0 Å². The van der Waals surface area contributed by atoms with Crippen LogP contribution < -0.4 is 5.32 Å². The normalized spacial score (nSPS) is 23.1. The highest BCUT2D eigenvalue weighted by Crippen LogP contribution is 2.46. The van der Waals surface area contributed by atoms with Gasteiger partial charge in [0, 0.05) is 40.4 Å². The van der Waals surface area contributed by atoms with Crippen LogP contribution in [0, 0.1) is 0 Å². The molecule has 2 aromatic carbocycles. The molecule has 3 aromatic rings. The van der Waals surface area contributed by atoms with Crippen molar-refractivity contribution < 1.29 is 27.3 Å². The van der Waals surface area contributed by atoms with Gasteiger partial charge in [-0.3, -0.25) is 4.79 Å². The van der Waals surface area contributed by atoms with E-state index in [9.17, 15) is 18.0 Å². The molecule has 0 spiro atoms. The number of hydrogen-bond acceptors (Lipinski definition) is 7. The average molecular weight is 659 g/mol. The first-order valence-electron chi connectivity index (χ1n) is 15.2. The van der Waals surface area contributed by atoms with Crippen LogP contribution in [0.15, 0.2) is 47.0 Å². The summed E-state index contributed by atoms with van der Waals surface area (Å²) in [5.74, 6) is 0.205. The summed E-state index contributed by atoms with van der Waals surface area (Å²) in [6.07, 6.45) is 6.47. The van der Waals surface area contributed by atoms with E-state index in [4.69, 9.17) is 32.5 Å². The Balaban J connectivity index is 1.00. The molecule has 3 atom stereocenters. The average Bonchev–Trinajstić information content (AvgIpc) is 3.92. The number of urea groups is 1. The number of Topliss-reactive ketones (excluding diaryl/α,β-unsaturated/α-hetero) is 1. The third kappa shape index (κ3) is 6.01. The lowest BCUT2D eigenvalue weighted by Crippen LogP contribution is -2.50. The summed E-state index contributed by atoms with van der Waals surface area (Å²) in [6, 6.07) is 11.7. The van der Waals surface area contributed by atoms with Gasteiger partial charge >= 0.3 is 6.03 Å². The molecule has 44 heavy (non-hydrogen) atoms. The number of carbonyl (C=O) groups excluding carboxylic acids is 2. The van der Waals surface area contributed by atoms with E-state index >= 15 is 0 Å². The Hall–Kier alpha value is -2.92. The Morgan fingerprint density at radius 2 is 1.66 bits per heavy atom. The van der Waals surface area contributed by atoms with Gasteiger partial charge in [-0.05, 0) is 75.6 Å². The number of halogens is 2. The van der Waals surface area contributed by atoms with E-state index in [0.717, 1.165) is 37.0 Å². The van der Waals surface area contributed by atoms with Crippen molar-refractivity contribution in [2.75, 3.05) is 11.1 Å². The summed E-state index contributed by atoms with van der Waals surface area (Å²) in [7, 11) is -3.42. The molecule has 2 saturated heterocycles. The van der Waals surface area contributed by atoms with Gasteiger partial charge in [0.2, 0.25) is 0 Å². The summed E-state index contributed by atoms with van der Waals surface area (Å²) in [5.41, 5.74) is 2.89. The Kier molecular flexibility index (Phi) is 7.97. The van der Waals surface area contributed by atoms with E-state index in [-0.39, 0.29) is 29.8 Å². The lowest BCUT2D eigenvalue weighted by Gasteiger charge is -2.38. The highest BCUT2D eigenvalue weighted by Gasteiger charge is 2.44. The minimum absolute atomic E-state index is 0.0232. The molecule has 2 aliphatic heterocycles. The molecule has 7 rings (SSSR count). The SMILES string of the molecule is O=C(CS(=O)(=O)C1CC1)c1cccc(NC(=O)N2C3CC[C@H]2CC(OCc2c(-c4c(Cl)cccc4Cl)noc2C2CC2)C3)c1. The summed E-state index contributed by atoms with van der Waals surface area (Å²) < 4.78 is 36.9. The molecule has 3 heterocycles. The zero-order chi connectivity index (χ0) is 30.6. The van der Waals surface area contributed by atoms with Crippen LogP contribution in [0.2, 0.25) is 10.0 Å². The number of amides is 2. The fraction of sp³-hybridized carbons (Fsp3) is 0.469. The fourth-order valence-electron chi connectivity index (χ4n) is 6.61. The minimum atomic E-state index is -3.42. The van der Waals surface area contributed by atoms with Crippen molar-refractivity contribution in [3.8, 4) is 11.3 Å². The van der Waals surface area contributed by atoms with Crippen LogP contribution in [0.4, 0.5) is 10.5 Å². The van der Waals surface area contributed by atoms with Gasteiger partial charge in [-0.1, -0.05) is 46.6 Å². The van der Waals surface area contributed by atoms with Crippen LogP contribution in [0.3, 0.4) is 0 Å². The number of fused-ring (bicyclic) bond motifs is 2. The van der Waals surface area contributed by atoms with Crippen LogP contribution in [0.5, 0.6) is 0 Å². The lowest BCUT2D eigenvalue weighted by molar-refractivity contribution is -0.0158. The molecule has 4 fully saturated rings. The zero-order valence-electron chi connectivity index (χ0n) is 24.0. The molecule has 1 aromatic heterocycles. The third-order valence-corrected chi connectivity index (χ3v) is 11.9. The monoisotopic (exact) mass is 657 g/mol. The van der Waals surface area contributed by atoms with Gasteiger partial charge in [-0.2, -0.15) is 0 Å². The first-order chi connectivity index (χ1) is 21.2. The molecular weight excluding hydrogens is 625 g/mol. The minimum Gasteiger partial charge on any atom is -0.373 e. The summed E-state index contributed by atoms with van der Waals surface area (Å²) in [5, 5.41) is 7.91. The van der Waals surface area contributed by atoms with E-state index in [1.165, 1.54) is 0 Å². The zero-order valence-corrected chi connectivity index (χ0v) is 26.3. The number of aromatic nitrogens is 1. The van der Waals surface area contributed by atoms with Gasteiger partial charge in [0.25, 0.3) is 0 Å². The number of nitrogens with one attached hydrogen (secondary N) is 1. The van der Waals surface area contributed by atoms with Crippen molar-refractivity contribution >= 4 is 50.5 Å². The molecule has 9 nitrogen and oxygen atoms in total. The number of hydrogen-bond donors (Lipinski definition) is 1. The molecule has 232 valence electrons. The van der Waals surface area contributed by atoms with E-state index < -0.39 is 26.6 Å². The molecule has 2 unspecified atom stereocenters. The molecule has 12 heteroatoms. The first kappa shape index (κ1) is 29.8. The van der Waals surface area contributed by atoms with Crippen molar-refractivity contribution in [3.63, 3.8) is 0 Å². The second-order valence-electron chi connectivity index (χ2n) is 12.4. The second kappa shape index (κ2) is 11.8. The maximum atomic E-state index is 13.4. The number of anilines is 1. The predicted molar refractivity (Wildman–Crippen MR) is 167 cm³/mol. The van der Waals surface area contributed by atoms with Crippen molar-refractivity contribution in [2.45, 2.75) is 87.3 Å². The number of ether oxygens (including phenoxy) is 1.